The molecular weight excluding hydrogens is 437 g/mol. The van der Waals surface area contributed by atoms with Crippen LogP contribution >= 0.6 is 0 Å². The number of anilines is 1. The first kappa shape index (κ1) is 23.8. The van der Waals surface area contributed by atoms with Gasteiger partial charge in [-0.15, -0.1) is 0 Å². The molecule has 1 amide bonds. The highest BCUT2D eigenvalue weighted by Crippen LogP contribution is 2.30. The number of rotatable bonds is 8. The number of benzene rings is 1. The van der Waals surface area contributed by atoms with E-state index in [0.717, 1.165) is 16.8 Å². The Morgan fingerprint density at radius 2 is 2.09 bits per heavy atom. The van der Waals surface area contributed by atoms with Crippen LogP contribution in [0.3, 0.4) is 0 Å². The number of hydrogen-bond donors (Lipinski definition) is 2. The number of nitrogens with zero attached hydrogens (tertiary/aromatic N) is 4. The van der Waals surface area contributed by atoms with Gasteiger partial charge in [0, 0.05) is 44.2 Å². The van der Waals surface area contributed by atoms with Gasteiger partial charge in [-0.25, -0.2) is 14.4 Å². The van der Waals surface area contributed by atoms with Gasteiger partial charge in [0.2, 0.25) is 5.95 Å². The van der Waals surface area contributed by atoms with E-state index < -0.39 is 5.82 Å². The molecule has 0 aliphatic carbocycles. The van der Waals surface area contributed by atoms with Crippen LogP contribution in [0, 0.1) is 12.7 Å². The van der Waals surface area contributed by atoms with Gasteiger partial charge in [-0.1, -0.05) is 6.07 Å². The summed E-state index contributed by atoms with van der Waals surface area (Å²) in [5.41, 5.74) is 4.19. The van der Waals surface area contributed by atoms with Gasteiger partial charge < -0.3 is 24.6 Å². The van der Waals surface area contributed by atoms with Crippen LogP contribution in [0.2, 0.25) is 0 Å². The van der Waals surface area contributed by atoms with E-state index in [1.54, 1.807) is 24.3 Å². The molecule has 0 fully saturated rings. The Kier molecular flexibility index (Phi) is 6.95. The monoisotopic (exact) mass is 467 g/mol. The van der Waals surface area contributed by atoms with Crippen molar-refractivity contribution in [1.29, 1.82) is 0 Å². The zero-order valence-corrected chi connectivity index (χ0v) is 19.9. The Bertz CT molecular complexity index is 1190. The molecule has 9 heteroatoms. The van der Waals surface area contributed by atoms with Crippen molar-refractivity contribution in [2.75, 3.05) is 19.0 Å². The van der Waals surface area contributed by atoms with Crippen LogP contribution in [-0.2, 0) is 24.4 Å². The van der Waals surface area contributed by atoms with Crippen molar-refractivity contribution in [2.45, 2.75) is 52.6 Å². The van der Waals surface area contributed by atoms with Crippen LogP contribution in [0.5, 0.6) is 0 Å². The van der Waals surface area contributed by atoms with Crippen LogP contribution in [-0.4, -0.2) is 56.2 Å². The molecule has 3 aromatic rings. The van der Waals surface area contributed by atoms with E-state index in [2.05, 4.69) is 15.3 Å². The first-order chi connectivity index (χ1) is 16.3. The SMILES string of the molecule is COC[C@H]1Cn2cc(-c3nc(NC(C)C)ncc3C)cc2C(=O)N1Cc1cc(F)ccc1CO. The molecule has 0 saturated heterocycles. The van der Waals surface area contributed by atoms with Gasteiger partial charge in [-0.05, 0) is 55.7 Å². The Morgan fingerprint density at radius 3 is 2.79 bits per heavy atom. The molecule has 0 radical (unpaired) electrons. The summed E-state index contributed by atoms with van der Waals surface area (Å²) in [6, 6.07) is 6.01. The van der Waals surface area contributed by atoms with Gasteiger partial charge in [0.05, 0.1) is 24.9 Å². The third-order valence-corrected chi connectivity index (χ3v) is 5.93. The number of nitrogens with one attached hydrogen (secondary N) is 1. The van der Waals surface area contributed by atoms with Crippen LogP contribution in [0.15, 0.2) is 36.7 Å². The number of aromatic nitrogens is 3. The lowest BCUT2D eigenvalue weighted by molar-refractivity contribution is 0.0386. The lowest BCUT2D eigenvalue weighted by atomic mass is 10.0. The summed E-state index contributed by atoms with van der Waals surface area (Å²) in [5.74, 6) is -0.0526. The van der Waals surface area contributed by atoms with Gasteiger partial charge in [0.15, 0.2) is 0 Å². The number of aliphatic hydroxyl groups is 1. The van der Waals surface area contributed by atoms with Crippen molar-refractivity contribution in [2.24, 2.45) is 0 Å². The van der Waals surface area contributed by atoms with Gasteiger partial charge in [-0.3, -0.25) is 4.79 Å². The Balaban J connectivity index is 1.70. The second-order valence-corrected chi connectivity index (χ2v) is 8.90. The number of aliphatic hydroxyl groups excluding tert-OH is 1. The molecule has 8 nitrogen and oxygen atoms in total. The van der Waals surface area contributed by atoms with E-state index in [9.17, 15) is 14.3 Å². The summed E-state index contributed by atoms with van der Waals surface area (Å²) in [4.78, 5) is 24.3. The van der Waals surface area contributed by atoms with Crippen molar-refractivity contribution < 1.29 is 19.0 Å². The minimum Gasteiger partial charge on any atom is -0.392 e. The second-order valence-electron chi connectivity index (χ2n) is 8.90. The highest BCUT2D eigenvalue weighted by molar-refractivity contribution is 5.95. The number of ether oxygens (including phenoxy) is 1. The number of hydrogen-bond acceptors (Lipinski definition) is 6. The molecule has 34 heavy (non-hydrogen) atoms. The molecule has 1 aromatic carbocycles. The highest BCUT2D eigenvalue weighted by atomic mass is 19.1. The lowest BCUT2D eigenvalue weighted by Gasteiger charge is -2.36. The molecular formula is C25H30FN5O3. The smallest absolute Gasteiger partial charge is 0.271 e. The summed E-state index contributed by atoms with van der Waals surface area (Å²) in [7, 11) is 1.59. The fourth-order valence-corrected chi connectivity index (χ4v) is 4.29. The minimum absolute atomic E-state index is 0.177. The van der Waals surface area contributed by atoms with Crippen molar-refractivity contribution >= 4 is 11.9 Å². The Labute approximate surface area is 198 Å². The first-order valence-electron chi connectivity index (χ1n) is 11.3. The van der Waals surface area contributed by atoms with Crippen molar-refractivity contribution in [3.8, 4) is 11.3 Å². The largest absolute Gasteiger partial charge is 0.392 e. The maximum atomic E-state index is 13.9. The topological polar surface area (TPSA) is 92.5 Å². The van der Waals surface area contributed by atoms with Crippen LogP contribution in [0.25, 0.3) is 11.3 Å². The number of halogens is 1. The molecule has 4 rings (SSSR count). The van der Waals surface area contributed by atoms with E-state index in [1.807, 2.05) is 37.6 Å². The van der Waals surface area contributed by atoms with Crippen molar-refractivity contribution in [1.82, 2.24) is 19.4 Å². The third-order valence-electron chi connectivity index (χ3n) is 5.93. The molecule has 2 N–H and O–H groups in total. The highest BCUT2D eigenvalue weighted by Gasteiger charge is 2.34. The Morgan fingerprint density at radius 1 is 1.29 bits per heavy atom. The number of methoxy groups -OCH3 is 1. The lowest BCUT2D eigenvalue weighted by Crippen LogP contribution is -2.49. The van der Waals surface area contributed by atoms with Crippen molar-refractivity contribution in [3.63, 3.8) is 0 Å². The van der Waals surface area contributed by atoms with E-state index in [-0.39, 0.29) is 31.1 Å². The third kappa shape index (κ3) is 4.80. The first-order valence-corrected chi connectivity index (χ1v) is 11.3. The molecule has 0 saturated carbocycles. The maximum Gasteiger partial charge on any atom is 0.271 e. The summed E-state index contributed by atoms with van der Waals surface area (Å²) in [6.45, 7) is 6.78. The number of amides is 1. The number of aryl methyl sites for hydroxylation is 1. The minimum atomic E-state index is -0.407. The Hall–Kier alpha value is -3.30. The molecule has 3 heterocycles. The quantitative estimate of drug-likeness (QED) is 0.528. The molecule has 2 aromatic heterocycles. The fourth-order valence-electron chi connectivity index (χ4n) is 4.29. The van der Waals surface area contributed by atoms with Crippen LogP contribution < -0.4 is 5.32 Å². The molecule has 180 valence electrons. The van der Waals surface area contributed by atoms with Crippen LogP contribution in [0.1, 0.15) is 41.0 Å². The maximum absolute atomic E-state index is 13.9. The van der Waals surface area contributed by atoms with E-state index in [0.29, 0.717) is 35.9 Å². The van der Waals surface area contributed by atoms with Gasteiger partial charge in [0.25, 0.3) is 5.91 Å². The molecule has 1 aliphatic heterocycles. The number of carbonyl (C=O) groups is 1. The molecule has 0 unspecified atom stereocenters. The average molecular weight is 468 g/mol. The standard InChI is InChI=1S/C25H30FN5O3/c1-15(2)28-25-27-9-16(3)23(29-25)19-8-22-24(33)31(21(14-34-4)12-30(22)10-19)11-18-7-20(26)6-5-17(18)13-32/h5-10,15,21,32H,11-14H2,1-4H3,(H,27,28,29)/t21-/m1/s1. The summed E-state index contributed by atoms with van der Waals surface area (Å²) in [5, 5.41) is 12.9. The summed E-state index contributed by atoms with van der Waals surface area (Å²) >= 11 is 0. The van der Waals surface area contributed by atoms with Gasteiger partial charge in [0.1, 0.15) is 11.5 Å². The summed E-state index contributed by atoms with van der Waals surface area (Å²) < 4.78 is 21.2. The fraction of sp³-hybridized carbons (Fsp3) is 0.400. The normalized spacial score (nSPS) is 15.7. The zero-order valence-electron chi connectivity index (χ0n) is 19.9. The number of carbonyl (C=O) groups excluding carboxylic acids is 1. The predicted molar refractivity (Wildman–Crippen MR) is 127 cm³/mol. The number of fused-ring (bicyclic) bond motifs is 1. The zero-order chi connectivity index (χ0) is 24.4. The van der Waals surface area contributed by atoms with E-state index in [4.69, 9.17) is 4.74 Å². The molecule has 0 spiro atoms. The molecule has 1 aliphatic rings. The van der Waals surface area contributed by atoms with E-state index in [1.165, 1.54) is 12.1 Å². The molecule has 0 bridgehead atoms. The molecule has 1 atom stereocenters. The average Bonchev–Trinajstić information content (AvgIpc) is 3.22. The summed E-state index contributed by atoms with van der Waals surface area (Å²) in [6.07, 6.45) is 3.70. The second kappa shape index (κ2) is 9.90. The van der Waals surface area contributed by atoms with Crippen molar-refractivity contribution in [3.05, 3.63) is 64.9 Å². The van der Waals surface area contributed by atoms with Gasteiger partial charge in [-0.2, -0.15) is 0 Å². The van der Waals surface area contributed by atoms with E-state index >= 15 is 0 Å². The van der Waals surface area contributed by atoms with Crippen LogP contribution in [0.4, 0.5) is 10.3 Å². The predicted octanol–water partition coefficient (Wildman–Crippen LogP) is 3.38. The van der Waals surface area contributed by atoms with Gasteiger partial charge >= 0.3 is 0 Å².